The molecule has 0 aliphatic carbocycles. The minimum atomic E-state index is -1.18. The number of carboxylic acids is 1. The lowest BCUT2D eigenvalue weighted by atomic mass is 10.1. The van der Waals surface area contributed by atoms with E-state index in [-0.39, 0.29) is 22.9 Å². The number of amides is 2. The Labute approximate surface area is 188 Å². The summed E-state index contributed by atoms with van der Waals surface area (Å²) < 4.78 is 13.1. The van der Waals surface area contributed by atoms with Gasteiger partial charge in [-0.3, -0.25) is 9.59 Å². The molecule has 2 amide bonds. The van der Waals surface area contributed by atoms with Crippen LogP contribution in [0.25, 0.3) is 0 Å². The molecule has 3 aromatic carbocycles. The second kappa shape index (κ2) is 10.6. The fraction of sp³-hybridized carbons (Fsp3) is 0.125. The average Bonchev–Trinajstić information content (AvgIpc) is 2.79. The number of carbonyl (C=O) groups is 3. The van der Waals surface area contributed by atoms with E-state index in [4.69, 9.17) is 0 Å². The standard InChI is InChI=1S/C24H21FN2O4S/c1-2-21(23(29)26-16-12-10-15(25)11-13-16)32-18-7-5-6-17(14-18)27-22(28)19-8-3-4-9-20(19)24(30)31/h3-14,21H,2H2,1H3,(H,26,29)(H,27,28)(H,30,31). The number of thioether (sulfide) groups is 1. The molecule has 0 aromatic heterocycles. The van der Waals surface area contributed by atoms with Crippen molar-refractivity contribution >= 4 is 40.9 Å². The molecule has 0 spiro atoms. The van der Waals surface area contributed by atoms with Crippen molar-refractivity contribution in [3.8, 4) is 0 Å². The second-order valence-corrected chi connectivity index (χ2v) is 8.12. The number of halogens is 1. The maximum absolute atomic E-state index is 13.1. The van der Waals surface area contributed by atoms with Gasteiger partial charge in [0.25, 0.3) is 5.91 Å². The lowest BCUT2D eigenvalue weighted by Crippen LogP contribution is -2.24. The molecule has 0 heterocycles. The minimum absolute atomic E-state index is 0.0585. The van der Waals surface area contributed by atoms with Crippen LogP contribution in [-0.2, 0) is 4.79 Å². The van der Waals surface area contributed by atoms with Crippen LogP contribution in [0.3, 0.4) is 0 Å². The van der Waals surface area contributed by atoms with Gasteiger partial charge in [0.1, 0.15) is 5.82 Å². The van der Waals surface area contributed by atoms with E-state index < -0.39 is 17.1 Å². The Morgan fingerprint density at radius 2 is 1.59 bits per heavy atom. The number of nitrogens with one attached hydrogen (secondary N) is 2. The number of carbonyl (C=O) groups excluding carboxylic acids is 2. The van der Waals surface area contributed by atoms with Crippen LogP contribution in [-0.4, -0.2) is 28.1 Å². The van der Waals surface area contributed by atoms with E-state index in [2.05, 4.69) is 10.6 Å². The SMILES string of the molecule is CCC(Sc1cccc(NC(=O)c2ccccc2C(=O)O)c1)C(=O)Nc1ccc(F)cc1. The van der Waals surface area contributed by atoms with Crippen LogP contribution in [0, 0.1) is 5.82 Å². The van der Waals surface area contributed by atoms with Crippen LogP contribution >= 0.6 is 11.8 Å². The predicted molar refractivity (Wildman–Crippen MR) is 123 cm³/mol. The normalized spacial score (nSPS) is 11.4. The molecule has 0 saturated carbocycles. The summed E-state index contributed by atoms with van der Waals surface area (Å²) in [7, 11) is 0. The highest BCUT2D eigenvalue weighted by molar-refractivity contribution is 8.00. The highest BCUT2D eigenvalue weighted by Gasteiger charge is 2.19. The van der Waals surface area contributed by atoms with E-state index >= 15 is 0 Å². The summed E-state index contributed by atoms with van der Waals surface area (Å²) in [6.45, 7) is 1.89. The van der Waals surface area contributed by atoms with Gasteiger partial charge in [0.05, 0.1) is 16.4 Å². The molecule has 8 heteroatoms. The van der Waals surface area contributed by atoms with Crippen molar-refractivity contribution in [1.29, 1.82) is 0 Å². The van der Waals surface area contributed by atoms with Crippen molar-refractivity contribution in [1.82, 2.24) is 0 Å². The molecular formula is C24H21FN2O4S. The Morgan fingerprint density at radius 1 is 0.906 bits per heavy atom. The van der Waals surface area contributed by atoms with E-state index in [1.165, 1.54) is 48.2 Å². The summed E-state index contributed by atoms with van der Waals surface area (Å²) in [5, 5.41) is 14.4. The first-order chi connectivity index (χ1) is 15.4. The number of benzene rings is 3. The Bertz CT molecular complexity index is 1130. The molecule has 0 saturated heterocycles. The molecule has 0 aliphatic heterocycles. The van der Waals surface area contributed by atoms with Crippen molar-refractivity contribution in [3.05, 3.63) is 89.7 Å². The third-order valence-electron chi connectivity index (χ3n) is 4.55. The number of carboxylic acid groups (broad SMARTS) is 1. The monoisotopic (exact) mass is 452 g/mol. The van der Waals surface area contributed by atoms with Gasteiger partial charge in [0.2, 0.25) is 5.91 Å². The summed E-state index contributed by atoms with van der Waals surface area (Å²) in [5.41, 5.74) is 0.963. The summed E-state index contributed by atoms with van der Waals surface area (Å²) >= 11 is 1.33. The number of anilines is 2. The van der Waals surface area contributed by atoms with E-state index in [1.807, 2.05) is 13.0 Å². The van der Waals surface area contributed by atoms with E-state index in [0.29, 0.717) is 17.8 Å². The van der Waals surface area contributed by atoms with E-state index in [0.717, 1.165) is 4.90 Å². The second-order valence-electron chi connectivity index (χ2n) is 6.84. The molecule has 1 unspecified atom stereocenters. The zero-order valence-electron chi connectivity index (χ0n) is 17.2. The maximum atomic E-state index is 13.1. The molecule has 6 nitrogen and oxygen atoms in total. The quantitative estimate of drug-likeness (QED) is 0.404. The molecule has 3 aromatic rings. The molecule has 0 radical (unpaired) electrons. The molecule has 1 atom stereocenters. The van der Waals surface area contributed by atoms with Crippen molar-refractivity contribution < 1.29 is 23.9 Å². The van der Waals surface area contributed by atoms with Gasteiger partial charge >= 0.3 is 5.97 Å². The Hall–Kier alpha value is -3.65. The van der Waals surface area contributed by atoms with Crippen LogP contribution in [0.1, 0.15) is 34.1 Å². The molecule has 0 bridgehead atoms. The van der Waals surface area contributed by atoms with Gasteiger partial charge in [0.15, 0.2) is 0 Å². The predicted octanol–water partition coefficient (Wildman–Crippen LogP) is 5.29. The Balaban J connectivity index is 1.69. The summed E-state index contributed by atoms with van der Waals surface area (Å²) in [5.74, 6) is -2.31. The fourth-order valence-electron chi connectivity index (χ4n) is 2.96. The van der Waals surface area contributed by atoms with Gasteiger partial charge in [0, 0.05) is 16.3 Å². The first kappa shape index (κ1) is 23.0. The van der Waals surface area contributed by atoms with Crippen molar-refractivity contribution in [2.45, 2.75) is 23.5 Å². The smallest absolute Gasteiger partial charge is 0.336 e. The molecular weight excluding hydrogens is 431 g/mol. The molecule has 3 rings (SSSR count). The highest BCUT2D eigenvalue weighted by Crippen LogP contribution is 2.29. The van der Waals surface area contributed by atoms with Crippen LogP contribution in [0.2, 0.25) is 0 Å². The summed E-state index contributed by atoms with van der Waals surface area (Å²) in [6, 6.07) is 18.5. The Kier molecular flexibility index (Phi) is 7.62. The minimum Gasteiger partial charge on any atom is -0.478 e. The third-order valence-corrected chi connectivity index (χ3v) is 5.91. The van der Waals surface area contributed by atoms with Gasteiger partial charge < -0.3 is 15.7 Å². The van der Waals surface area contributed by atoms with Crippen molar-refractivity contribution in [2.75, 3.05) is 10.6 Å². The van der Waals surface area contributed by atoms with Gasteiger partial charge in [-0.1, -0.05) is 25.1 Å². The van der Waals surface area contributed by atoms with E-state index in [1.54, 1.807) is 30.3 Å². The number of aromatic carboxylic acids is 1. The average molecular weight is 453 g/mol. The maximum Gasteiger partial charge on any atom is 0.336 e. The van der Waals surface area contributed by atoms with Crippen molar-refractivity contribution in [3.63, 3.8) is 0 Å². The molecule has 0 fully saturated rings. The number of hydrogen-bond donors (Lipinski definition) is 3. The van der Waals surface area contributed by atoms with Gasteiger partial charge in [-0.25, -0.2) is 9.18 Å². The highest BCUT2D eigenvalue weighted by atomic mass is 32.2. The molecule has 3 N–H and O–H groups in total. The summed E-state index contributed by atoms with van der Waals surface area (Å²) in [4.78, 5) is 37.3. The van der Waals surface area contributed by atoms with Crippen LogP contribution in [0.4, 0.5) is 15.8 Å². The van der Waals surface area contributed by atoms with Crippen LogP contribution < -0.4 is 10.6 Å². The molecule has 164 valence electrons. The molecule has 32 heavy (non-hydrogen) atoms. The van der Waals surface area contributed by atoms with Gasteiger partial charge in [-0.2, -0.15) is 0 Å². The van der Waals surface area contributed by atoms with Crippen LogP contribution in [0.5, 0.6) is 0 Å². The Morgan fingerprint density at radius 3 is 2.25 bits per heavy atom. The first-order valence-electron chi connectivity index (χ1n) is 9.84. The summed E-state index contributed by atoms with van der Waals surface area (Å²) in [6.07, 6.45) is 0.556. The number of rotatable bonds is 8. The molecule has 0 aliphatic rings. The topological polar surface area (TPSA) is 95.5 Å². The zero-order valence-corrected chi connectivity index (χ0v) is 18.0. The third kappa shape index (κ3) is 5.95. The lowest BCUT2D eigenvalue weighted by molar-refractivity contribution is -0.115. The zero-order chi connectivity index (χ0) is 23.1. The van der Waals surface area contributed by atoms with Crippen LogP contribution in [0.15, 0.2) is 77.7 Å². The number of hydrogen-bond acceptors (Lipinski definition) is 4. The first-order valence-corrected chi connectivity index (χ1v) is 10.7. The van der Waals surface area contributed by atoms with Gasteiger partial charge in [-0.05, 0) is 61.0 Å². The largest absolute Gasteiger partial charge is 0.478 e. The fourth-order valence-corrected chi connectivity index (χ4v) is 3.97. The van der Waals surface area contributed by atoms with Crippen molar-refractivity contribution in [2.24, 2.45) is 0 Å². The lowest BCUT2D eigenvalue weighted by Gasteiger charge is -2.15. The van der Waals surface area contributed by atoms with E-state index in [9.17, 15) is 23.9 Å². The van der Waals surface area contributed by atoms with Gasteiger partial charge in [-0.15, -0.1) is 11.8 Å².